The van der Waals surface area contributed by atoms with Crippen LogP contribution in [0.5, 0.6) is 0 Å². The molecular weight excluding hydrogens is 324 g/mol. The smallest absolute Gasteiger partial charge is 0.181 e. The predicted octanol–water partition coefficient (Wildman–Crippen LogP) is 3.33. The van der Waals surface area contributed by atoms with Gasteiger partial charge in [0.25, 0.3) is 0 Å². The fourth-order valence-corrected chi connectivity index (χ4v) is 2.53. The third-order valence-electron chi connectivity index (χ3n) is 2.01. The topological polar surface area (TPSA) is 52.0 Å². The monoisotopic (exact) mass is 330 g/mol. The molecule has 2 N–H and O–H groups in total. The van der Waals surface area contributed by atoms with Gasteiger partial charge in [0.15, 0.2) is 12.2 Å². The van der Waals surface area contributed by atoms with E-state index in [1.165, 1.54) is 6.39 Å². The van der Waals surface area contributed by atoms with Gasteiger partial charge in [-0.05, 0) is 34.1 Å². The van der Waals surface area contributed by atoms with Crippen LogP contribution in [0.2, 0.25) is 0 Å². The van der Waals surface area contributed by atoms with Gasteiger partial charge in [-0.1, -0.05) is 15.9 Å². The highest BCUT2D eigenvalue weighted by Crippen LogP contribution is 2.32. The van der Waals surface area contributed by atoms with Crippen molar-refractivity contribution in [3.63, 3.8) is 0 Å². The Kier molecular flexibility index (Phi) is 3.23. The van der Waals surface area contributed by atoms with Crippen LogP contribution < -0.4 is 5.73 Å². The van der Waals surface area contributed by atoms with Crippen LogP contribution in [0.15, 0.2) is 38.0 Å². The summed E-state index contributed by atoms with van der Waals surface area (Å²) in [6.07, 6.45) is 1.41. The molecule has 0 amide bonds. The second-order valence-electron chi connectivity index (χ2n) is 2.96. The van der Waals surface area contributed by atoms with Crippen LogP contribution in [0.4, 0.5) is 0 Å². The summed E-state index contributed by atoms with van der Waals surface area (Å²) in [5, 5.41) is 0. The molecular formula is C10H8Br2N2O. The molecule has 0 saturated heterocycles. The fourth-order valence-electron chi connectivity index (χ4n) is 1.31. The van der Waals surface area contributed by atoms with E-state index in [1.54, 1.807) is 0 Å². The second-order valence-corrected chi connectivity index (χ2v) is 4.73. The van der Waals surface area contributed by atoms with E-state index in [2.05, 4.69) is 36.8 Å². The van der Waals surface area contributed by atoms with E-state index in [1.807, 2.05) is 18.2 Å². The Bertz CT molecular complexity index is 482. The molecule has 0 fully saturated rings. The number of nitrogens with zero attached hydrogens (tertiary/aromatic N) is 1. The molecule has 5 heteroatoms. The van der Waals surface area contributed by atoms with E-state index < -0.39 is 0 Å². The van der Waals surface area contributed by atoms with E-state index in [9.17, 15) is 0 Å². The summed E-state index contributed by atoms with van der Waals surface area (Å²) >= 11 is 6.87. The number of halogens is 2. The van der Waals surface area contributed by atoms with Gasteiger partial charge >= 0.3 is 0 Å². The molecule has 2 aromatic rings. The summed E-state index contributed by atoms with van der Waals surface area (Å²) in [6.45, 7) is 0.369. The third kappa shape index (κ3) is 2.14. The number of benzene rings is 1. The number of hydrogen-bond donors (Lipinski definition) is 1. The Morgan fingerprint density at radius 2 is 2.13 bits per heavy atom. The first-order valence-electron chi connectivity index (χ1n) is 4.30. The van der Waals surface area contributed by atoms with E-state index >= 15 is 0 Å². The van der Waals surface area contributed by atoms with Crippen molar-refractivity contribution in [2.75, 3.05) is 0 Å². The van der Waals surface area contributed by atoms with Crippen molar-refractivity contribution in [3.8, 4) is 11.3 Å². The quantitative estimate of drug-likeness (QED) is 0.918. The molecule has 1 aromatic heterocycles. The summed E-state index contributed by atoms with van der Waals surface area (Å²) in [5.74, 6) is 0.719. The van der Waals surface area contributed by atoms with Gasteiger partial charge in [0, 0.05) is 21.1 Å². The Hall–Kier alpha value is -0.650. The molecule has 3 nitrogen and oxygen atoms in total. The van der Waals surface area contributed by atoms with E-state index in [-0.39, 0.29) is 0 Å². The molecule has 78 valence electrons. The van der Waals surface area contributed by atoms with Crippen molar-refractivity contribution >= 4 is 31.9 Å². The van der Waals surface area contributed by atoms with Crippen molar-refractivity contribution in [1.82, 2.24) is 4.98 Å². The van der Waals surface area contributed by atoms with Gasteiger partial charge in [0.1, 0.15) is 5.69 Å². The molecule has 0 atom stereocenters. The Balaban J connectivity index is 2.54. The van der Waals surface area contributed by atoms with Crippen LogP contribution in [0, 0.1) is 0 Å². The van der Waals surface area contributed by atoms with Gasteiger partial charge in [0.05, 0.1) is 0 Å². The van der Waals surface area contributed by atoms with Gasteiger partial charge in [-0.3, -0.25) is 0 Å². The lowest BCUT2D eigenvalue weighted by Crippen LogP contribution is -1.98. The zero-order valence-corrected chi connectivity index (χ0v) is 10.9. The Labute approximate surface area is 104 Å². The third-order valence-corrected chi connectivity index (χ3v) is 3.16. The number of oxazole rings is 1. The molecule has 0 aliphatic rings. The molecule has 1 heterocycles. The minimum absolute atomic E-state index is 0.369. The Morgan fingerprint density at radius 3 is 2.80 bits per heavy atom. The van der Waals surface area contributed by atoms with Gasteiger partial charge < -0.3 is 10.2 Å². The van der Waals surface area contributed by atoms with Gasteiger partial charge in [-0.15, -0.1) is 0 Å². The Morgan fingerprint density at radius 1 is 1.33 bits per heavy atom. The van der Waals surface area contributed by atoms with Crippen molar-refractivity contribution in [2.24, 2.45) is 5.73 Å². The van der Waals surface area contributed by atoms with Crippen LogP contribution in [-0.4, -0.2) is 4.98 Å². The van der Waals surface area contributed by atoms with Gasteiger partial charge in [-0.25, -0.2) is 4.98 Å². The first-order valence-corrected chi connectivity index (χ1v) is 5.89. The lowest BCUT2D eigenvalue weighted by molar-refractivity contribution is 0.570. The molecule has 0 radical (unpaired) electrons. The number of rotatable bonds is 2. The molecule has 0 bridgehead atoms. The highest BCUT2D eigenvalue weighted by Gasteiger charge is 2.12. The number of aromatic nitrogens is 1. The SMILES string of the molecule is NCc1ncoc1-c1ccc(Br)cc1Br. The van der Waals surface area contributed by atoms with E-state index in [0.29, 0.717) is 6.54 Å². The van der Waals surface area contributed by atoms with Crippen LogP contribution in [0.25, 0.3) is 11.3 Å². The lowest BCUT2D eigenvalue weighted by atomic mass is 10.1. The fraction of sp³-hybridized carbons (Fsp3) is 0.100. The van der Waals surface area contributed by atoms with Crippen LogP contribution in [0.3, 0.4) is 0 Å². The standard InChI is InChI=1S/C10H8Br2N2O/c11-6-1-2-7(8(12)3-6)10-9(4-13)14-5-15-10/h1-3,5H,4,13H2. The molecule has 2 rings (SSSR count). The zero-order valence-electron chi connectivity index (χ0n) is 7.71. The maximum Gasteiger partial charge on any atom is 0.181 e. The summed E-state index contributed by atoms with van der Waals surface area (Å²) in [5.41, 5.74) is 7.28. The second kappa shape index (κ2) is 4.47. The molecule has 0 spiro atoms. The van der Waals surface area contributed by atoms with Crippen LogP contribution in [-0.2, 0) is 6.54 Å². The largest absolute Gasteiger partial charge is 0.443 e. The highest BCUT2D eigenvalue weighted by molar-refractivity contribution is 9.11. The summed E-state index contributed by atoms with van der Waals surface area (Å²) in [6, 6.07) is 5.86. The zero-order chi connectivity index (χ0) is 10.8. The first kappa shape index (κ1) is 10.9. The van der Waals surface area contributed by atoms with Crippen molar-refractivity contribution in [3.05, 3.63) is 39.2 Å². The maximum absolute atomic E-state index is 5.57. The molecule has 15 heavy (non-hydrogen) atoms. The summed E-state index contributed by atoms with van der Waals surface area (Å²) in [7, 11) is 0. The van der Waals surface area contributed by atoms with Crippen LogP contribution in [0.1, 0.15) is 5.69 Å². The minimum atomic E-state index is 0.369. The summed E-state index contributed by atoms with van der Waals surface area (Å²) < 4.78 is 7.28. The number of nitrogens with two attached hydrogens (primary N) is 1. The van der Waals surface area contributed by atoms with E-state index in [4.69, 9.17) is 10.2 Å². The van der Waals surface area contributed by atoms with E-state index in [0.717, 1.165) is 26.0 Å². The van der Waals surface area contributed by atoms with Gasteiger partial charge in [-0.2, -0.15) is 0 Å². The average Bonchev–Trinajstić information content (AvgIpc) is 2.65. The molecule has 0 aliphatic carbocycles. The normalized spacial score (nSPS) is 10.6. The molecule has 0 unspecified atom stereocenters. The molecule has 1 aromatic carbocycles. The minimum Gasteiger partial charge on any atom is -0.443 e. The van der Waals surface area contributed by atoms with Crippen molar-refractivity contribution in [2.45, 2.75) is 6.54 Å². The maximum atomic E-state index is 5.57. The number of hydrogen-bond acceptors (Lipinski definition) is 3. The first-order chi connectivity index (χ1) is 7.22. The lowest BCUT2D eigenvalue weighted by Gasteiger charge is -2.02. The molecule has 0 saturated carbocycles. The van der Waals surface area contributed by atoms with Crippen molar-refractivity contribution in [1.29, 1.82) is 0 Å². The predicted molar refractivity (Wildman–Crippen MR) is 65.2 cm³/mol. The van der Waals surface area contributed by atoms with Gasteiger partial charge in [0.2, 0.25) is 0 Å². The average molecular weight is 332 g/mol. The summed E-state index contributed by atoms with van der Waals surface area (Å²) in [4.78, 5) is 4.05. The van der Waals surface area contributed by atoms with Crippen LogP contribution >= 0.6 is 31.9 Å². The highest BCUT2D eigenvalue weighted by atomic mass is 79.9. The van der Waals surface area contributed by atoms with Crippen molar-refractivity contribution < 1.29 is 4.42 Å². The molecule has 0 aliphatic heterocycles.